The number of anilines is 1. The van der Waals surface area contributed by atoms with Crippen LogP contribution in [0.25, 0.3) is 11.4 Å². The van der Waals surface area contributed by atoms with Crippen LogP contribution in [0.3, 0.4) is 0 Å². The zero-order valence-electron chi connectivity index (χ0n) is 15.1. The van der Waals surface area contributed by atoms with Crippen LogP contribution in [0.1, 0.15) is 38.0 Å². The first kappa shape index (κ1) is 17.7. The first-order chi connectivity index (χ1) is 13.2. The molecule has 0 saturated heterocycles. The Morgan fingerprint density at radius 1 is 1.37 bits per heavy atom. The Morgan fingerprint density at radius 3 is 2.78 bits per heavy atom. The van der Waals surface area contributed by atoms with Crippen molar-refractivity contribution in [2.45, 2.75) is 49.6 Å². The summed E-state index contributed by atoms with van der Waals surface area (Å²) in [5.41, 5.74) is 0.979. The summed E-state index contributed by atoms with van der Waals surface area (Å²) in [4.78, 5) is 16.7. The van der Waals surface area contributed by atoms with Crippen molar-refractivity contribution in [2.24, 2.45) is 0 Å². The van der Waals surface area contributed by atoms with E-state index >= 15 is 0 Å². The molecule has 0 bridgehead atoms. The minimum absolute atomic E-state index is 0.119. The molecule has 0 radical (unpaired) electrons. The molecular weight excluding hydrogens is 364 g/mol. The minimum Gasteiger partial charge on any atom is -0.360 e. The maximum atomic E-state index is 12.7. The van der Waals surface area contributed by atoms with E-state index < -0.39 is 0 Å². The van der Waals surface area contributed by atoms with Crippen LogP contribution in [0.15, 0.2) is 40.3 Å². The zero-order chi connectivity index (χ0) is 18.8. The number of carbonyl (C=O) groups excluding carboxylic acids is 1. The molecular formula is C18H20N6O2S. The molecule has 140 valence electrons. The monoisotopic (exact) mass is 384 g/mol. The molecule has 1 N–H and O–H groups in total. The first-order valence-corrected chi connectivity index (χ1v) is 9.79. The summed E-state index contributed by atoms with van der Waals surface area (Å²) in [6.45, 7) is 3.76. The average molecular weight is 384 g/mol. The number of carbonyl (C=O) groups is 1. The number of hydrogen-bond acceptors (Lipinski definition) is 7. The molecule has 27 heavy (non-hydrogen) atoms. The van der Waals surface area contributed by atoms with Gasteiger partial charge < -0.3 is 9.84 Å². The van der Waals surface area contributed by atoms with Crippen LogP contribution < -0.4 is 5.32 Å². The molecule has 1 fully saturated rings. The third-order valence-corrected chi connectivity index (χ3v) is 5.63. The summed E-state index contributed by atoms with van der Waals surface area (Å²) in [7, 11) is 0. The maximum absolute atomic E-state index is 12.7. The zero-order valence-corrected chi connectivity index (χ0v) is 15.9. The molecule has 0 spiro atoms. The number of aromatic nitrogens is 5. The molecule has 1 unspecified atom stereocenters. The Kier molecular flexibility index (Phi) is 4.93. The van der Waals surface area contributed by atoms with Crippen LogP contribution in [0, 0.1) is 6.92 Å². The topological polar surface area (TPSA) is 98.7 Å². The third-order valence-electron chi connectivity index (χ3n) is 4.31. The van der Waals surface area contributed by atoms with Gasteiger partial charge in [-0.25, -0.2) is 0 Å². The number of rotatable bonds is 7. The predicted molar refractivity (Wildman–Crippen MR) is 101 cm³/mol. The summed E-state index contributed by atoms with van der Waals surface area (Å²) in [6, 6.07) is 5.94. The predicted octanol–water partition coefficient (Wildman–Crippen LogP) is 3.48. The van der Waals surface area contributed by atoms with Crippen molar-refractivity contribution in [2.75, 3.05) is 5.32 Å². The van der Waals surface area contributed by atoms with Crippen LogP contribution in [0.4, 0.5) is 5.82 Å². The number of hydrogen-bond donors (Lipinski definition) is 1. The number of nitrogens with one attached hydrogen (secondary N) is 1. The van der Waals surface area contributed by atoms with Crippen molar-refractivity contribution in [1.29, 1.82) is 0 Å². The third kappa shape index (κ3) is 3.87. The highest BCUT2D eigenvalue weighted by atomic mass is 32.2. The van der Waals surface area contributed by atoms with Gasteiger partial charge in [0.2, 0.25) is 5.91 Å². The van der Waals surface area contributed by atoms with Gasteiger partial charge in [-0.1, -0.05) is 23.8 Å². The summed E-state index contributed by atoms with van der Waals surface area (Å²) < 4.78 is 7.15. The molecule has 1 atom stereocenters. The molecule has 3 aromatic heterocycles. The van der Waals surface area contributed by atoms with Crippen molar-refractivity contribution < 1.29 is 9.32 Å². The highest BCUT2D eigenvalue weighted by Crippen LogP contribution is 2.42. The lowest BCUT2D eigenvalue weighted by Gasteiger charge is -2.14. The van der Waals surface area contributed by atoms with Crippen molar-refractivity contribution in [3.63, 3.8) is 0 Å². The standard InChI is InChI=1S/C18H20N6O2S/c1-3-14(17(25)20-15-10-11(2)26-23-15)27-18-22-21-16(24(18)13-4-5-13)12-6-8-19-9-7-12/h6-10,13-14H,3-5H2,1-2H3,(H,20,23,25). The van der Waals surface area contributed by atoms with Gasteiger partial charge in [0, 0.05) is 30.1 Å². The number of nitrogens with zero attached hydrogens (tertiary/aromatic N) is 5. The van der Waals surface area contributed by atoms with Gasteiger partial charge in [0.15, 0.2) is 16.8 Å². The van der Waals surface area contributed by atoms with Gasteiger partial charge in [-0.05, 0) is 38.3 Å². The second-order valence-corrected chi connectivity index (χ2v) is 7.64. The van der Waals surface area contributed by atoms with Crippen molar-refractivity contribution in [3.8, 4) is 11.4 Å². The van der Waals surface area contributed by atoms with Crippen LogP contribution in [0.5, 0.6) is 0 Å². The number of amides is 1. The maximum Gasteiger partial charge on any atom is 0.239 e. The summed E-state index contributed by atoms with van der Waals surface area (Å²) in [6.07, 6.45) is 6.36. The molecule has 1 saturated carbocycles. The van der Waals surface area contributed by atoms with Gasteiger partial charge >= 0.3 is 0 Å². The molecule has 1 aliphatic rings. The van der Waals surface area contributed by atoms with Crippen LogP contribution in [-0.2, 0) is 4.79 Å². The van der Waals surface area contributed by atoms with E-state index in [0.29, 0.717) is 24.0 Å². The van der Waals surface area contributed by atoms with E-state index in [1.165, 1.54) is 11.8 Å². The molecule has 0 aromatic carbocycles. The first-order valence-electron chi connectivity index (χ1n) is 8.92. The fourth-order valence-electron chi connectivity index (χ4n) is 2.80. The molecule has 1 amide bonds. The normalized spacial score (nSPS) is 14.9. The Hall–Kier alpha value is -2.68. The van der Waals surface area contributed by atoms with Crippen LogP contribution in [-0.4, -0.2) is 36.1 Å². The number of thioether (sulfide) groups is 1. The van der Waals surface area contributed by atoms with E-state index in [1.54, 1.807) is 25.4 Å². The lowest BCUT2D eigenvalue weighted by Crippen LogP contribution is -2.25. The Morgan fingerprint density at radius 2 is 2.15 bits per heavy atom. The second kappa shape index (κ2) is 7.51. The fourth-order valence-corrected chi connectivity index (χ4v) is 3.82. The number of pyridine rings is 1. The molecule has 8 nitrogen and oxygen atoms in total. The van der Waals surface area contributed by atoms with E-state index in [1.807, 2.05) is 19.1 Å². The van der Waals surface area contributed by atoms with E-state index in [-0.39, 0.29) is 11.2 Å². The van der Waals surface area contributed by atoms with E-state index in [0.717, 1.165) is 29.4 Å². The van der Waals surface area contributed by atoms with Crippen molar-refractivity contribution >= 4 is 23.5 Å². The molecule has 3 heterocycles. The van der Waals surface area contributed by atoms with Gasteiger partial charge in [-0.3, -0.25) is 14.3 Å². The highest BCUT2D eigenvalue weighted by Gasteiger charge is 2.32. The minimum atomic E-state index is -0.297. The van der Waals surface area contributed by atoms with Gasteiger partial charge in [0.25, 0.3) is 0 Å². The van der Waals surface area contributed by atoms with E-state index in [2.05, 4.69) is 30.2 Å². The highest BCUT2D eigenvalue weighted by molar-refractivity contribution is 8.00. The molecule has 0 aliphatic heterocycles. The van der Waals surface area contributed by atoms with Crippen molar-refractivity contribution in [3.05, 3.63) is 36.4 Å². The van der Waals surface area contributed by atoms with E-state index in [9.17, 15) is 4.79 Å². The Balaban J connectivity index is 1.55. The van der Waals surface area contributed by atoms with Crippen molar-refractivity contribution in [1.82, 2.24) is 24.9 Å². The molecule has 3 aromatic rings. The quantitative estimate of drug-likeness (QED) is 0.623. The van der Waals surface area contributed by atoms with E-state index in [4.69, 9.17) is 4.52 Å². The van der Waals surface area contributed by atoms with Crippen LogP contribution >= 0.6 is 11.8 Å². The Bertz CT molecular complexity index is 934. The summed E-state index contributed by atoms with van der Waals surface area (Å²) in [5, 5.41) is 15.9. The lowest BCUT2D eigenvalue weighted by molar-refractivity contribution is -0.115. The summed E-state index contributed by atoms with van der Waals surface area (Å²) >= 11 is 1.44. The van der Waals surface area contributed by atoms with Gasteiger partial charge in [-0.15, -0.1) is 10.2 Å². The Labute approximate surface area is 160 Å². The lowest BCUT2D eigenvalue weighted by atomic mass is 10.2. The second-order valence-electron chi connectivity index (χ2n) is 6.47. The van der Waals surface area contributed by atoms with Crippen LogP contribution in [0.2, 0.25) is 0 Å². The van der Waals surface area contributed by atoms with Gasteiger partial charge in [0.1, 0.15) is 5.76 Å². The summed E-state index contributed by atoms with van der Waals surface area (Å²) in [5.74, 6) is 1.79. The SMILES string of the molecule is CCC(Sc1nnc(-c2ccncc2)n1C1CC1)C(=O)Nc1cc(C)on1. The largest absolute Gasteiger partial charge is 0.360 e. The molecule has 1 aliphatic carbocycles. The average Bonchev–Trinajstić information content (AvgIpc) is 3.31. The molecule has 9 heteroatoms. The smallest absolute Gasteiger partial charge is 0.239 e. The fraction of sp³-hybridized carbons (Fsp3) is 0.389. The van der Waals surface area contributed by atoms with Gasteiger partial charge in [-0.2, -0.15) is 0 Å². The molecule has 4 rings (SSSR count). The van der Waals surface area contributed by atoms with Gasteiger partial charge in [0.05, 0.1) is 5.25 Å². The number of aryl methyl sites for hydroxylation is 1.